The van der Waals surface area contributed by atoms with E-state index in [1.54, 1.807) is 0 Å². The summed E-state index contributed by atoms with van der Waals surface area (Å²) in [5.41, 5.74) is 0.0255. The van der Waals surface area contributed by atoms with Gasteiger partial charge in [-0.25, -0.2) is 0 Å². The van der Waals surface area contributed by atoms with Crippen LogP contribution in [0.1, 0.15) is 26.2 Å². The van der Waals surface area contributed by atoms with Crippen molar-refractivity contribution in [2.75, 3.05) is 13.2 Å². The van der Waals surface area contributed by atoms with Gasteiger partial charge in [0.05, 0.1) is 13.2 Å². The van der Waals surface area contributed by atoms with Crippen molar-refractivity contribution in [2.45, 2.75) is 32.0 Å². The minimum Gasteiger partial charge on any atom is -0.347 e. The molecule has 0 aromatic rings. The molecule has 2 nitrogen and oxygen atoms in total. The Bertz CT molecular complexity index is 246. The van der Waals surface area contributed by atoms with Gasteiger partial charge in [0.25, 0.3) is 0 Å². The van der Waals surface area contributed by atoms with Gasteiger partial charge >= 0.3 is 0 Å². The Kier molecular flexibility index (Phi) is 2.50. The van der Waals surface area contributed by atoms with Gasteiger partial charge in [-0.15, -0.1) is 0 Å². The van der Waals surface area contributed by atoms with E-state index in [2.05, 4.69) is 19.6 Å². The molecule has 0 amide bonds. The number of hydrogen-bond acceptors (Lipinski definition) is 2. The molecule has 1 aliphatic carbocycles. The highest BCUT2D eigenvalue weighted by molar-refractivity contribution is 5.13. The van der Waals surface area contributed by atoms with Gasteiger partial charge < -0.3 is 9.47 Å². The maximum Gasteiger partial charge on any atom is 0.177 e. The first kappa shape index (κ1) is 9.94. The van der Waals surface area contributed by atoms with Crippen molar-refractivity contribution < 1.29 is 9.47 Å². The molecule has 14 heavy (non-hydrogen) atoms. The zero-order valence-electron chi connectivity index (χ0n) is 8.79. The second-order valence-corrected chi connectivity index (χ2v) is 4.32. The minimum absolute atomic E-state index is 0.0255. The summed E-state index contributed by atoms with van der Waals surface area (Å²) in [5, 5.41) is 0. The molecule has 0 unspecified atom stereocenters. The van der Waals surface area contributed by atoms with Crippen LogP contribution in [0, 0.1) is 5.41 Å². The Morgan fingerprint density at radius 3 is 2.57 bits per heavy atom. The third-order valence-corrected chi connectivity index (χ3v) is 3.43. The molecular formula is C12H18O2. The van der Waals surface area contributed by atoms with Crippen molar-refractivity contribution in [3.63, 3.8) is 0 Å². The summed E-state index contributed by atoms with van der Waals surface area (Å²) in [7, 11) is 0. The maximum atomic E-state index is 5.81. The fraction of sp³-hybridized carbons (Fsp3) is 0.667. The monoisotopic (exact) mass is 194 g/mol. The molecule has 0 N–H and O–H groups in total. The highest BCUT2D eigenvalue weighted by Gasteiger charge is 2.54. The van der Waals surface area contributed by atoms with E-state index in [1.807, 2.05) is 12.2 Å². The van der Waals surface area contributed by atoms with Gasteiger partial charge in [-0.3, -0.25) is 0 Å². The van der Waals surface area contributed by atoms with Crippen molar-refractivity contribution >= 4 is 0 Å². The van der Waals surface area contributed by atoms with Crippen LogP contribution in [0.25, 0.3) is 0 Å². The zero-order valence-corrected chi connectivity index (χ0v) is 8.79. The van der Waals surface area contributed by atoms with E-state index in [4.69, 9.17) is 9.47 Å². The Morgan fingerprint density at radius 2 is 1.93 bits per heavy atom. The molecule has 0 bridgehead atoms. The van der Waals surface area contributed by atoms with Crippen LogP contribution in [-0.4, -0.2) is 19.0 Å². The molecule has 1 saturated heterocycles. The number of rotatable bonds is 2. The van der Waals surface area contributed by atoms with Crippen molar-refractivity contribution in [3.8, 4) is 0 Å². The Labute approximate surface area is 85.6 Å². The predicted molar refractivity (Wildman–Crippen MR) is 55.9 cm³/mol. The average molecular weight is 194 g/mol. The van der Waals surface area contributed by atoms with Crippen LogP contribution < -0.4 is 0 Å². The van der Waals surface area contributed by atoms with Gasteiger partial charge in [0, 0.05) is 11.8 Å². The third kappa shape index (κ3) is 1.33. The predicted octanol–water partition coefficient (Wildman–Crippen LogP) is 2.66. The standard InChI is InChI=1S/C12H18O2/c1-3-4-6-11(2)7-5-8-12(11)13-9-10-14-12/h3-4,6H,1,5,7-10H2,2H3/b6-4+/t11-/m0/s1. The molecule has 1 heterocycles. The Balaban J connectivity index is 2.23. The molecule has 1 saturated carbocycles. The van der Waals surface area contributed by atoms with Gasteiger partial charge in [-0.2, -0.15) is 0 Å². The molecule has 0 radical (unpaired) electrons. The van der Waals surface area contributed by atoms with Gasteiger partial charge in [0.15, 0.2) is 5.79 Å². The minimum atomic E-state index is -0.341. The van der Waals surface area contributed by atoms with E-state index in [-0.39, 0.29) is 11.2 Å². The second kappa shape index (κ2) is 3.52. The van der Waals surface area contributed by atoms with Gasteiger partial charge in [-0.1, -0.05) is 31.7 Å². The highest BCUT2D eigenvalue weighted by Crippen LogP contribution is 2.52. The number of allylic oxidation sites excluding steroid dienone is 2. The summed E-state index contributed by atoms with van der Waals surface area (Å²) in [6, 6.07) is 0. The first-order valence-corrected chi connectivity index (χ1v) is 5.31. The van der Waals surface area contributed by atoms with Crippen LogP contribution in [0.5, 0.6) is 0 Å². The van der Waals surface area contributed by atoms with E-state index >= 15 is 0 Å². The summed E-state index contributed by atoms with van der Waals surface area (Å²) >= 11 is 0. The van der Waals surface area contributed by atoms with Gasteiger partial charge in [0.2, 0.25) is 0 Å². The SMILES string of the molecule is C=C/C=C/[C@@]1(C)CCCC12OCCO2. The molecule has 2 fully saturated rings. The molecule has 78 valence electrons. The van der Waals surface area contributed by atoms with Gasteiger partial charge in [-0.05, 0) is 12.8 Å². The lowest BCUT2D eigenvalue weighted by Crippen LogP contribution is -2.41. The van der Waals surface area contributed by atoms with E-state index in [0.717, 1.165) is 26.1 Å². The molecule has 0 aromatic carbocycles. The lowest BCUT2D eigenvalue weighted by molar-refractivity contribution is -0.201. The van der Waals surface area contributed by atoms with E-state index in [9.17, 15) is 0 Å². The molecule has 2 aliphatic rings. The maximum absolute atomic E-state index is 5.81. The number of ether oxygens (including phenoxy) is 2. The van der Waals surface area contributed by atoms with Crippen LogP contribution in [-0.2, 0) is 9.47 Å². The first-order chi connectivity index (χ1) is 6.72. The summed E-state index contributed by atoms with van der Waals surface area (Å²) in [6.07, 6.45) is 9.32. The first-order valence-electron chi connectivity index (χ1n) is 5.31. The van der Waals surface area contributed by atoms with Crippen molar-refractivity contribution in [3.05, 3.63) is 24.8 Å². The van der Waals surface area contributed by atoms with E-state index < -0.39 is 0 Å². The average Bonchev–Trinajstić information content (AvgIpc) is 2.75. The second-order valence-electron chi connectivity index (χ2n) is 4.32. The van der Waals surface area contributed by atoms with Crippen LogP contribution in [0.4, 0.5) is 0 Å². The summed E-state index contributed by atoms with van der Waals surface area (Å²) in [5.74, 6) is -0.341. The van der Waals surface area contributed by atoms with Gasteiger partial charge in [0.1, 0.15) is 0 Å². The molecule has 1 atom stereocenters. The largest absolute Gasteiger partial charge is 0.347 e. The summed E-state index contributed by atoms with van der Waals surface area (Å²) < 4.78 is 11.6. The zero-order chi connectivity index (χ0) is 10.1. The van der Waals surface area contributed by atoms with Crippen molar-refractivity contribution in [1.82, 2.24) is 0 Å². The van der Waals surface area contributed by atoms with Crippen LogP contribution >= 0.6 is 0 Å². The molecule has 1 spiro atoms. The third-order valence-electron chi connectivity index (χ3n) is 3.43. The van der Waals surface area contributed by atoms with Crippen LogP contribution in [0.15, 0.2) is 24.8 Å². The summed E-state index contributed by atoms with van der Waals surface area (Å²) in [4.78, 5) is 0. The highest BCUT2D eigenvalue weighted by atomic mass is 16.7. The normalized spacial score (nSPS) is 35.8. The van der Waals surface area contributed by atoms with Crippen LogP contribution in [0.3, 0.4) is 0 Å². The quantitative estimate of drug-likeness (QED) is 0.629. The lowest BCUT2D eigenvalue weighted by atomic mass is 9.83. The Morgan fingerprint density at radius 1 is 1.21 bits per heavy atom. The van der Waals surface area contributed by atoms with Crippen LogP contribution in [0.2, 0.25) is 0 Å². The lowest BCUT2D eigenvalue weighted by Gasteiger charge is -2.36. The fourth-order valence-electron chi connectivity index (χ4n) is 2.58. The topological polar surface area (TPSA) is 18.5 Å². The molecule has 2 heteroatoms. The van der Waals surface area contributed by atoms with E-state index in [0.29, 0.717) is 0 Å². The van der Waals surface area contributed by atoms with Crippen molar-refractivity contribution in [2.24, 2.45) is 5.41 Å². The molecular weight excluding hydrogens is 176 g/mol. The molecule has 2 rings (SSSR count). The van der Waals surface area contributed by atoms with E-state index in [1.165, 1.54) is 6.42 Å². The fourth-order valence-corrected chi connectivity index (χ4v) is 2.58. The van der Waals surface area contributed by atoms with Crippen molar-refractivity contribution in [1.29, 1.82) is 0 Å². The number of hydrogen-bond donors (Lipinski definition) is 0. The molecule has 0 aromatic heterocycles. The molecule has 1 aliphatic heterocycles. The smallest absolute Gasteiger partial charge is 0.177 e. The Hall–Kier alpha value is -0.600. The summed E-state index contributed by atoms with van der Waals surface area (Å²) in [6.45, 7) is 7.38.